The van der Waals surface area contributed by atoms with Crippen LogP contribution < -0.4 is 16.4 Å². The second kappa shape index (κ2) is 12.6. The lowest BCUT2D eigenvalue weighted by atomic mass is 10.1. The molecule has 3 rings (SSSR count). The Bertz CT molecular complexity index is 1230. The molecule has 1 aromatic carbocycles. The highest BCUT2D eigenvalue weighted by molar-refractivity contribution is 5.96. The van der Waals surface area contributed by atoms with E-state index in [4.69, 9.17) is 5.73 Å². The number of halogens is 1. The number of carbonyl (C=O) groups excluding carboxylic acids is 3. The summed E-state index contributed by atoms with van der Waals surface area (Å²) in [6.07, 6.45) is 5.55. The van der Waals surface area contributed by atoms with Gasteiger partial charge >= 0.3 is 0 Å². The van der Waals surface area contributed by atoms with E-state index < -0.39 is 17.8 Å². The number of hydrogen-bond donors (Lipinski definition) is 3. The number of amides is 3. The zero-order chi connectivity index (χ0) is 28.0. The molecule has 0 saturated heterocycles. The summed E-state index contributed by atoms with van der Waals surface area (Å²) >= 11 is 0. The van der Waals surface area contributed by atoms with Gasteiger partial charge in [0.05, 0.1) is 11.4 Å². The third kappa shape index (κ3) is 7.82. The van der Waals surface area contributed by atoms with Crippen LogP contribution in [0.5, 0.6) is 0 Å². The van der Waals surface area contributed by atoms with E-state index >= 15 is 0 Å². The predicted molar refractivity (Wildman–Crippen MR) is 144 cm³/mol. The monoisotopic (exact) mass is 525 g/mol. The molecule has 10 nitrogen and oxygen atoms in total. The van der Waals surface area contributed by atoms with Gasteiger partial charge in [-0.1, -0.05) is 6.08 Å². The Balaban J connectivity index is 1.63. The average Bonchev–Trinajstić information content (AvgIpc) is 3.68. The fourth-order valence-electron chi connectivity index (χ4n) is 3.86. The van der Waals surface area contributed by atoms with Crippen molar-refractivity contribution in [1.82, 2.24) is 25.1 Å². The van der Waals surface area contributed by atoms with E-state index in [1.165, 1.54) is 23.1 Å². The lowest BCUT2D eigenvalue weighted by Crippen LogP contribution is -2.45. The Hall–Kier alpha value is -3.86. The topological polar surface area (TPSA) is 134 Å². The molecule has 1 atom stereocenters. The van der Waals surface area contributed by atoms with Gasteiger partial charge in [-0.05, 0) is 71.0 Å². The van der Waals surface area contributed by atoms with Crippen LogP contribution in [0.15, 0.2) is 30.4 Å². The van der Waals surface area contributed by atoms with E-state index in [0.717, 1.165) is 18.5 Å². The van der Waals surface area contributed by atoms with E-state index in [-0.39, 0.29) is 29.9 Å². The summed E-state index contributed by atoms with van der Waals surface area (Å²) in [6, 6.07) is 3.70. The van der Waals surface area contributed by atoms with Gasteiger partial charge < -0.3 is 26.2 Å². The highest BCUT2D eigenvalue weighted by Gasteiger charge is 2.29. The largest absolute Gasteiger partial charge is 0.364 e. The number of likely N-dealkylation sites (N-methyl/N-ethyl adjacent to an activating group) is 2. The SMILES string of the molecule is Cc1nc(C(N)=O)c(Nc2cc(F)cc(CCNC(=O)C(C)N(C)C(=O)C=CCN(C)C)c2)nc1C1CC1. The number of carbonyl (C=O) groups is 3. The lowest BCUT2D eigenvalue weighted by molar-refractivity contribution is -0.135. The zero-order valence-electron chi connectivity index (χ0n) is 22.5. The first-order valence-corrected chi connectivity index (χ1v) is 12.6. The number of primary amides is 1. The molecule has 11 heteroatoms. The molecule has 4 N–H and O–H groups in total. The molecule has 0 radical (unpaired) electrons. The van der Waals surface area contributed by atoms with Gasteiger partial charge in [0.2, 0.25) is 11.8 Å². The molecule has 1 saturated carbocycles. The minimum atomic E-state index is -0.726. The van der Waals surface area contributed by atoms with Gasteiger partial charge in [-0.25, -0.2) is 14.4 Å². The molecule has 204 valence electrons. The van der Waals surface area contributed by atoms with Crippen LogP contribution in [0.4, 0.5) is 15.9 Å². The van der Waals surface area contributed by atoms with Gasteiger partial charge in [-0.2, -0.15) is 0 Å². The van der Waals surface area contributed by atoms with Crippen LogP contribution in [0.1, 0.15) is 53.1 Å². The minimum absolute atomic E-state index is 0.00538. The van der Waals surface area contributed by atoms with E-state index in [0.29, 0.717) is 35.8 Å². The molecule has 1 heterocycles. The van der Waals surface area contributed by atoms with Crippen molar-refractivity contribution in [3.8, 4) is 0 Å². The maximum absolute atomic E-state index is 14.4. The number of anilines is 2. The number of rotatable bonds is 12. The number of aromatic nitrogens is 2. The van der Waals surface area contributed by atoms with Crippen molar-refractivity contribution < 1.29 is 18.8 Å². The van der Waals surface area contributed by atoms with E-state index in [1.807, 2.05) is 19.0 Å². The third-order valence-electron chi connectivity index (χ3n) is 6.28. The molecule has 1 aliphatic carbocycles. The molecule has 1 aliphatic rings. The highest BCUT2D eigenvalue weighted by atomic mass is 19.1. The van der Waals surface area contributed by atoms with Crippen molar-refractivity contribution >= 4 is 29.2 Å². The second-order valence-electron chi connectivity index (χ2n) is 9.83. The Morgan fingerprint density at radius 3 is 2.53 bits per heavy atom. The summed E-state index contributed by atoms with van der Waals surface area (Å²) in [5.41, 5.74) is 7.98. The fourth-order valence-corrected chi connectivity index (χ4v) is 3.86. The maximum Gasteiger partial charge on any atom is 0.271 e. The van der Waals surface area contributed by atoms with Gasteiger partial charge in [-0.15, -0.1) is 0 Å². The lowest BCUT2D eigenvalue weighted by Gasteiger charge is -2.23. The average molecular weight is 526 g/mol. The van der Waals surface area contributed by atoms with E-state index in [2.05, 4.69) is 20.6 Å². The molecule has 1 aromatic heterocycles. The normalized spacial score (nSPS) is 14.0. The molecule has 0 spiro atoms. The van der Waals surface area contributed by atoms with Crippen LogP contribution in [0.25, 0.3) is 0 Å². The summed E-state index contributed by atoms with van der Waals surface area (Å²) in [7, 11) is 5.36. The molecular formula is C27H36FN7O3. The van der Waals surface area contributed by atoms with Crippen LogP contribution in [-0.2, 0) is 16.0 Å². The number of nitrogens with two attached hydrogens (primary N) is 1. The molecule has 2 aromatic rings. The Labute approximate surface area is 222 Å². The van der Waals surface area contributed by atoms with Gasteiger partial charge in [-0.3, -0.25) is 14.4 Å². The van der Waals surface area contributed by atoms with Crippen molar-refractivity contribution in [3.05, 3.63) is 58.8 Å². The number of hydrogen-bond acceptors (Lipinski definition) is 7. The van der Waals surface area contributed by atoms with Crippen molar-refractivity contribution in [3.63, 3.8) is 0 Å². The first-order chi connectivity index (χ1) is 18.0. The predicted octanol–water partition coefficient (Wildman–Crippen LogP) is 2.27. The van der Waals surface area contributed by atoms with Crippen LogP contribution in [0.3, 0.4) is 0 Å². The van der Waals surface area contributed by atoms with Gasteiger partial charge in [0.1, 0.15) is 11.9 Å². The third-order valence-corrected chi connectivity index (χ3v) is 6.28. The first-order valence-electron chi connectivity index (χ1n) is 12.6. The summed E-state index contributed by atoms with van der Waals surface area (Å²) in [6.45, 7) is 4.30. The maximum atomic E-state index is 14.4. The summed E-state index contributed by atoms with van der Waals surface area (Å²) in [4.78, 5) is 49.0. The number of benzene rings is 1. The molecular weight excluding hydrogens is 489 g/mol. The standard InChI is InChI=1S/C27H36FN7O3/c1-16-23(19-8-9-19)33-26(24(31-16)25(29)37)32-21-14-18(13-20(28)15-21)10-11-30-27(38)17(2)35(5)22(36)7-6-12-34(3)4/h6-7,13-15,17,19H,8-12H2,1-5H3,(H2,29,37)(H,30,38)(H,32,33). The van der Waals surface area contributed by atoms with Crippen molar-refractivity contribution in [2.45, 2.75) is 45.1 Å². The van der Waals surface area contributed by atoms with Crippen LogP contribution in [0, 0.1) is 12.7 Å². The van der Waals surface area contributed by atoms with Crippen LogP contribution in [0.2, 0.25) is 0 Å². The highest BCUT2D eigenvalue weighted by Crippen LogP contribution is 2.41. The van der Waals surface area contributed by atoms with Gasteiger partial charge in [0.15, 0.2) is 11.5 Å². The van der Waals surface area contributed by atoms with Crippen molar-refractivity contribution in [1.29, 1.82) is 0 Å². The fraction of sp³-hybridized carbons (Fsp3) is 0.444. The van der Waals surface area contributed by atoms with E-state index in [9.17, 15) is 18.8 Å². The van der Waals surface area contributed by atoms with Crippen LogP contribution >= 0.6 is 0 Å². The quantitative estimate of drug-likeness (QED) is 0.362. The van der Waals surface area contributed by atoms with Crippen molar-refractivity contribution in [2.75, 3.05) is 39.5 Å². The van der Waals surface area contributed by atoms with Gasteiger partial charge in [0, 0.05) is 37.8 Å². The summed E-state index contributed by atoms with van der Waals surface area (Å²) < 4.78 is 14.4. The van der Waals surface area contributed by atoms with Crippen LogP contribution in [-0.4, -0.2) is 77.8 Å². The molecule has 1 unspecified atom stereocenters. The smallest absolute Gasteiger partial charge is 0.271 e. The molecule has 0 aliphatic heterocycles. The number of nitrogens with zero attached hydrogens (tertiary/aromatic N) is 4. The van der Waals surface area contributed by atoms with Gasteiger partial charge in [0.25, 0.3) is 5.91 Å². The number of nitrogens with one attached hydrogen (secondary N) is 2. The first kappa shape index (κ1) is 28.7. The van der Waals surface area contributed by atoms with E-state index in [1.54, 1.807) is 33.0 Å². The minimum Gasteiger partial charge on any atom is -0.364 e. The zero-order valence-corrected chi connectivity index (χ0v) is 22.5. The molecule has 3 amide bonds. The Kier molecular flexibility index (Phi) is 9.51. The number of aryl methyl sites for hydroxylation is 1. The Morgan fingerprint density at radius 2 is 1.89 bits per heavy atom. The summed E-state index contributed by atoms with van der Waals surface area (Å²) in [5.74, 6) is -1.29. The summed E-state index contributed by atoms with van der Waals surface area (Å²) in [5, 5.41) is 5.79. The van der Waals surface area contributed by atoms with Crippen molar-refractivity contribution in [2.24, 2.45) is 5.73 Å². The Morgan fingerprint density at radius 1 is 1.18 bits per heavy atom. The second-order valence-corrected chi connectivity index (χ2v) is 9.83. The molecule has 0 bridgehead atoms. The molecule has 38 heavy (non-hydrogen) atoms. The molecule has 1 fully saturated rings.